The van der Waals surface area contributed by atoms with E-state index in [1.165, 1.54) is 0 Å². The molecule has 0 rings (SSSR count). The normalized spacial score (nSPS) is 17.0. The summed E-state index contributed by atoms with van der Waals surface area (Å²) in [5, 5.41) is 0. The van der Waals surface area contributed by atoms with Gasteiger partial charge in [-0.3, -0.25) is 0 Å². The van der Waals surface area contributed by atoms with Crippen LogP contribution in [0.4, 0.5) is 101 Å². The molecular formula is C14H7F23. The monoisotopic (exact) mass is 612 g/mol. The molecule has 224 valence electrons. The highest BCUT2D eigenvalue weighted by molar-refractivity contribution is 5.19. The molecule has 0 aliphatic carbocycles. The quantitative estimate of drug-likeness (QED) is 0.217. The Bertz CT molecular complexity index is 827. The molecule has 23 heteroatoms. The van der Waals surface area contributed by atoms with Crippen LogP contribution in [0.3, 0.4) is 0 Å². The molecule has 0 fully saturated rings. The molecule has 0 heterocycles. The molecule has 0 radical (unpaired) electrons. The lowest BCUT2D eigenvalue weighted by Crippen LogP contribution is -2.77. The van der Waals surface area contributed by atoms with E-state index >= 15 is 0 Å². The summed E-state index contributed by atoms with van der Waals surface area (Å²) in [4.78, 5) is 0. The van der Waals surface area contributed by atoms with E-state index in [4.69, 9.17) is 0 Å². The van der Waals surface area contributed by atoms with Crippen molar-refractivity contribution < 1.29 is 101 Å². The van der Waals surface area contributed by atoms with E-state index in [9.17, 15) is 101 Å². The Kier molecular flexibility index (Phi) is 8.08. The zero-order valence-corrected chi connectivity index (χ0v) is 16.8. The van der Waals surface area contributed by atoms with Gasteiger partial charge in [0.05, 0.1) is 0 Å². The molecule has 0 aliphatic rings. The van der Waals surface area contributed by atoms with Crippen molar-refractivity contribution in [2.24, 2.45) is 5.92 Å². The summed E-state index contributed by atoms with van der Waals surface area (Å²) in [6, 6.07) is 0. The summed E-state index contributed by atoms with van der Waals surface area (Å²) >= 11 is 0. The summed E-state index contributed by atoms with van der Waals surface area (Å²) in [7, 11) is 0. The van der Waals surface area contributed by atoms with Gasteiger partial charge in [-0.15, -0.1) is 0 Å². The van der Waals surface area contributed by atoms with Crippen LogP contribution in [0.25, 0.3) is 0 Å². The molecule has 0 aromatic rings. The molecule has 0 nitrogen and oxygen atoms in total. The van der Waals surface area contributed by atoms with Crippen molar-refractivity contribution in [1.82, 2.24) is 0 Å². The van der Waals surface area contributed by atoms with Crippen molar-refractivity contribution in [3.63, 3.8) is 0 Å². The van der Waals surface area contributed by atoms with Gasteiger partial charge >= 0.3 is 65.4 Å². The number of rotatable bonds is 10. The lowest BCUT2D eigenvalue weighted by molar-refractivity contribution is -0.479. The average molecular weight is 612 g/mol. The molecule has 0 unspecified atom stereocenters. The Morgan fingerprint density at radius 3 is 0.595 bits per heavy atom. The van der Waals surface area contributed by atoms with Crippen LogP contribution in [0.1, 0.15) is 13.8 Å². The van der Waals surface area contributed by atoms with E-state index in [1.54, 1.807) is 0 Å². The number of alkyl halides is 23. The lowest BCUT2D eigenvalue weighted by atomic mass is 9.84. The Hall–Kier alpha value is -1.61. The first-order chi connectivity index (χ1) is 15.4. The van der Waals surface area contributed by atoms with Gasteiger partial charge in [0.25, 0.3) is 0 Å². The van der Waals surface area contributed by atoms with Gasteiger partial charge in [0.15, 0.2) is 0 Å². The zero-order valence-electron chi connectivity index (χ0n) is 16.8. The highest BCUT2D eigenvalue weighted by Gasteiger charge is 2.98. The van der Waals surface area contributed by atoms with Gasteiger partial charge in [-0.1, -0.05) is 13.8 Å². The summed E-state index contributed by atoms with van der Waals surface area (Å²) in [5.74, 6) is -90.2. The van der Waals surface area contributed by atoms with Crippen molar-refractivity contribution in [3.05, 3.63) is 0 Å². The molecular weight excluding hydrogens is 605 g/mol. The van der Waals surface area contributed by atoms with E-state index in [2.05, 4.69) is 0 Å². The summed E-state index contributed by atoms with van der Waals surface area (Å²) in [5.41, 5.74) is 0. The summed E-state index contributed by atoms with van der Waals surface area (Å²) in [6.45, 7) is -0.404. The number of hydrogen-bond acceptors (Lipinski definition) is 0. The molecule has 0 amide bonds. The smallest absolute Gasteiger partial charge is 0.199 e. The summed E-state index contributed by atoms with van der Waals surface area (Å²) in [6.07, 6.45) is -8.07. The minimum Gasteiger partial charge on any atom is -0.199 e. The standard InChI is InChI=1S/C14H7F23/c1-3(2)4(15,16)5(17,18)6(19,20)7(21,22)8(23,24)9(25,26)10(27,28)11(29,30)12(31,32)13(33,34)14(35,36)37/h3H,1-2H3. The minimum atomic E-state index is -9.36. The minimum absolute atomic E-state index is 0.202. The van der Waals surface area contributed by atoms with Crippen LogP contribution >= 0.6 is 0 Å². The molecule has 0 saturated carbocycles. The van der Waals surface area contributed by atoms with Gasteiger partial charge < -0.3 is 0 Å². The highest BCUT2D eigenvalue weighted by Crippen LogP contribution is 2.67. The second-order valence-electron chi connectivity index (χ2n) is 7.44. The molecule has 0 bridgehead atoms. The largest absolute Gasteiger partial charge is 0.460 e. The fourth-order valence-electron chi connectivity index (χ4n) is 2.13. The third-order valence-corrected chi connectivity index (χ3v) is 4.65. The Labute approximate surface area is 187 Å². The predicted octanol–water partition coefficient (Wildman–Crippen LogP) is 8.56. The van der Waals surface area contributed by atoms with Crippen LogP contribution in [0.5, 0.6) is 0 Å². The Morgan fingerprint density at radius 1 is 0.270 bits per heavy atom. The molecule has 0 atom stereocenters. The third kappa shape index (κ3) is 4.05. The molecule has 0 aliphatic heterocycles. The first-order valence-corrected chi connectivity index (χ1v) is 8.29. The predicted molar refractivity (Wildman–Crippen MR) is 70.4 cm³/mol. The molecule has 37 heavy (non-hydrogen) atoms. The van der Waals surface area contributed by atoms with Crippen molar-refractivity contribution in [1.29, 1.82) is 0 Å². The van der Waals surface area contributed by atoms with E-state index < -0.39 is 71.3 Å². The van der Waals surface area contributed by atoms with Gasteiger partial charge in [-0.25, -0.2) is 0 Å². The SMILES string of the molecule is CC(C)C(F)(F)C(F)(F)C(F)(F)C(F)(F)C(F)(F)C(F)(F)C(F)(F)C(F)(F)C(F)(F)C(F)(F)C(F)(F)F. The van der Waals surface area contributed by atoms with E-state index in [1.807, 2.05) is 0 Å². The van der Waals surface area contributed by atoms with Gasteiger partial charge in [0.2, 0.25) is 0 Å². The first kappa shape index (κ1) is 35.4. The zero-order chi connectivity index (χ0) is 31.1. The van der Waals surface area contributed by atoms with E-state index in [0.717, 1.165) is 0 Å². The van der Waals surface area contributed by atoms with Crippen molar-refractivity contribution >= 4 is 0 Å². The Balaban J connectivity index is 7.22. The third-order valence-electron chi connectivity index (χ3n) is 4.65. The Morgan fingerprint density at radius 2 is 0.432 bits per heavy atom. The van der Waals surface area contributed by atoms with Crippen molar-refractivity contribution in [2.75, 3.05) is 0 Å². The average Bonchev–Trinajstić information content (AvgIpc) is 2.65. The van der Waals surface area contributed by atoms with Crippen molar-refractivity contribution in [3.8, 4) is 0 Å². The van der Waals surface area contributed by atoms with E-state index in [-0.39, 0.29) is 13.8 Å². The molecule has 0 saturated heterocycles. The number of halogens is 23. The maximum atomic E-state index is 13.5. The van der Waals surface area contributed by atoms with Gasteiger partial charge in [-0.05, 0) is 0 Å². The van der Waals surface area contributed by atoms with Crippen LogP contribution in [0, 0.1) is 5.92 Å². The summed E-state index contributed by atoms with van der Waals surface area (Å²) < 4.78 is 302. The van der Waals surface area contributed by atoms with Crippen molar-refractivity contribution in [2.45, 2.75) is 79.2 Å². The van der Waals surface area contributed by atoms with Gasteiger partial charge in [0, 0.05) is 5.92 Å². The van der Waals surface area contributed by atoms with Crippen LogP contribution in [-0.4, -0.2) is 65.4 Å². The van der Waals surface area contributed by atoms with Crippen LogP contribution in [-0.2, 0) is 0 Å². The van der Waals surface area contributed by atoms with Gasteiger partial charge in [-0.2, -0.15) is 101 Å². The molecule has 0 aromatic carbocycles. The van der Waals surface area contributed by atoms with Crippen LogP contribution < -0.4 is 0 Å². The lowest BCUT2D eigenvalue weighted by Gasteiger charge is -2.45. The molecule has 0 N–H and O–H groups in total. The fraction of sp³-hybridized carbons (Fsp3) is 1.00. The van der Waals surface area contributed by atoms with E-state index in [0.29, 0.717) is 0 Å². The maximum absolute atomic E-state index is 13.5. The van der Waals surface area contributed by atoms with Gasteiger partial charge in [0.1, 0.15) is 0 Å². The molecule has 0 aromatic heterocycles. The second-order valence-corrected chi connectivity index (χ2v) is 7.44. The fourth-order valence-corrected chi connectivity index (χ4v) is 2.13. The second kappa shape index (κ2) is 8.44. The highest BCUT2D eigenvalue weighted by atomic mass is 19.4. The molecule has 0 spiro atoms. The number of hydrogen-bond donors (Lipinski definition) is 0. The topological polar surface area (TPSA) is 0 Å². The van der Waals surface area contributed by atoms with Crippen LogP contribution in [0.2, 0.25) is 0 Å². The van der Waals surface area contributed by atoms with Crippen LogP contribution in [0.15, 0.2) is 0 Å². The first-order valence-electron chi connectivity index (χ1n) is 8.29. The maximum Gasteiger partial charge on any atom is 0.460 e.